The van der Waals surface area contributed by atoms with Crippen LogP contribution in [0.15, 0.2) is 30.3 Å². The second-order valence-electron chi connectivity index (χ2n) is 5.92. The third kappa shape index (κ3) is 4.07. The fraction of sp³-hybridized carbons (Fsp3) is 0.588. The quantitative estimate of drug-likeness (QED) is 0.639. The van der Waals surface area contributed by atoms with Gasteiger partial charge in [0.25, 0.3) is 0 Å². The Morgan fingerprint density at radius 2 is 2.05 bits per heavy atom. The molecule has 110 valence electrons. The molecule has 3 N–H and O–H groups in total. The summed E-state index contributed by atoms with van der Waals surface area (Å²) >= 11 is 0. The first kappa shape index (κ1) is 15.0. The minimum atomic E-state index is 0.0365. The number of rotatable bonds is 5. The van der Waals surface area contributed by atoms with Crippen LogP contribution in [0, 0.1) is 11.3 Å². The maximum Gasteiger partial charge on any atom is 0.0995 e. The maximum atomic E-state index is 7.89. The van der Waals surface area contributed by atoms with E-state index < -0.39 is 0 Å². The number of likely N-dealkylation sites (tertiary alicyclic amines) is 1. The van der Waals surface area contributed by atoms with Gasteiger partial charge in [0.2, 0.25) is 0 Å². The number of benzene rings is 1. The lowest BCUT2D eigenvalue weighted by atomic mass is 9.97. The van der Waals surface area contributed by atoms with Gasteiger partial charge >= 0.3 is 0 Å². The molecule has 1 fully saturated rings. The summed E-state index contributed by atoms with van der Waals surface area (Å²) in [6.45, 7) is 5.47. The van der Waals surface area contributed by atoms with Crippen LogP contribution in [0.25, 0.3) is 0 Å². The van der Waals surface area contributed by atoms with Crippen molar-refractivity contribution in [3.05, 3.63) is 35.9 Å². The summed E-state index contributed by atoms with van der Waals surface area (Å²) in [5.74, 6) is 1.20. The van der Waals surface area contributed by atoms with Crippen molar-refractivity contribution in [3.8, 4) is 0 Å². The van der Waals surface area contributed by atoms with Crippen molar-refractivity contribution in [3.63, 3.8) is 0 Å². The molecule has 0 amide bonds. The largest absolute Gasteiger partial charge is 0.387 e. The van der Waals surface area contributed by atoms with E-state index in [1.54, 1.807) is 0 Å². The van der Waals surface area contributed by atoms with Crippen molar-refractivity contribution in [2.75, 3.05) is 19.6 Å². The molecule has 20 heavy (non-hydrogen) atoms. The molecule has 0 aliphatic carbocycles. The predicted octanol–water partition coefficient (Wildman–Crippen LogP) is 3.22. The molecule has 2 atom stereocenters. The van der Waals surface area contributed by atoms with E-state index in [-0.39, 0.29) is 11.8 Å². The number of hydrogen-bond acceptors (Lipinski definition) is 2. The summed E-state index contributed by atoms with van der Waals surface area (Å²) in [5, 5.41) is 7.89. The van der Waals surface area contributed by atoms with E-state index in [0.717, 1.165) is 31.1 Å². The Morgan fingerprint density at radius 3 is 2.70 bits per heavy atom. The van der Waals surface area contributed by atoms with Crippen molar-refractivity contribution >= 4 is 5.84 Å². The molecule has 2 unspecified atom stereocenters. The monoisotopic (exact) mass is 273 g/mol. The zero-order valence-electron chi connectivity index (χ0n) is 12.5. The van der Waals surface area contributed by atoms with Crippen LogP contribution in [0.4, 0.5) is 0 Å². The lowest BCUT2D eigenvalue weighted by molar-refractivity contribution is 0.277. The highest BCUT2D eigenvalue weighted by Gasteiger charge is 2.21. The lowest BCUT2D eigenvalue weighted by Gasteiger charge is -2.26. The van der Waals surface area contributed by atoms with Gasteiger partial charge in [-0.2, -0.15) is 0 Å². The second kappa shape index (κ2) is 7.44. The highest BCUT2D eigenvalue weighted by Crippen LogP contribution is 2.23. The highest BCUT2D eigenvalue weighted by atomic mass is 15.1. The number of nitrogens with two attached hydrogens (primary N) is 1. The van der Waals surface area contributed by atoms with E-state index in [1.165, 1.54) is 25.7 Å². The molecule has 1 aliphatic heterocycles. The minimum absolute atomic E-state index is 0.0365. The first-order valence-electron chi connectivity index (χ1n) is 7.82. The molecule has 1 heterocycles. The van der Waals surface area contributed by atoms with E-state index in [9.17, 15) is 0 Å². The summed E-state index contributed by atoms with van der Waals surface area (Å²) < 4.78 is 0. The molecule has 3 nitrogen and oxygen atoms in total. The van der Waals surface area contributed by atoms with Crippen LogP contribution in [-0.2, 0) is 0 Å². The topological polar surface area (TPSA) is 53.1 Å². The third-order valence-electron chi connectivity index (χ3n) is 4.54. The van der Waals surface area contributed by atoms with Crippen LogP contribution in [-0.4, -0.2) is 30.4 Å². The van der Waals surface area contributed by atoms with Crippen LogP contribution in [0.3, 0.4) is 0 Å². The summed E-state index contributed by atoms with van der Waals surface area (Å²) in [4.78, 5) is 2.49. The average Bonchev–Trinajstić information content (AvgIpc) is 2.70. The first-order chi connectivity index (χ1) is 9.70. The number of nitrogens with zero attached hydrogens (tertiary/aromatic N) is 1. The van der Waals surface area contributed by atoms with Gasteiger partial charge in [-0.3, -0.25) is 5.41 Å². The van der Waals surface area contributed by atoms with Crippen molar-refractivity contribution in [2.24, 2.45) is 11.7 Å². The van der Waals surface area contributed by atoms with Gasteiger partial charge in [-0.15, -0.1) is 0 Å². The fourth-order valence-electron chi connectivity index (χ4n) is 3.14. The Kier molecular flexibility index (Phi) is 5.60. The molecule has 0 radical (unpaired) electrons. The molecule has 0 spiro atoms. The fourth-order valence-corrected chi connectivity index (χ4v) is 3.14. The maximum absolute atomic E-state index is 7.89. The molecule has 0 aromatic heterocycles. The summed E-state index contributed by atoms with van der Waals surface area (Å²) in [6, 6.07) is 10.2. The van der Waals surface area contributed by atoms with Crippen molar-refractivity contribution in [1.29, 1.82) is 5.41 Å². The Morgan fingerprint density at radius 1 is 1.30 bits per heavy atom. The number of nitrogens with one attached hydrogen (secondary N) is 1. The Hall–Kier alpha value is -1.35. The minimum Gasteiger partial charge on any atom is -0.387 e. The van der Waals surface area contributed by atoms with Crippen LogP contribution in [0.5, 0.6) is 0 Å². The molecule has 1 aromatic rings. The van der Waals surface area contributed by atoms with Gasteiger partial charge in [0.05, 0.1) is 11.8 Å². The van der Waals surface area contributed by atoms with Gasteiger partial charge in [0.15, 0.2) is 0 Å². The zero-order valence-corrected chi connectivity index (χ0v) is 12.5. The number of hydrogen-bond donors (Lipinski definition) is 2. The van der Waals surface area contributed by atoms with Gasteiger partial charge in [0.1, 0.15) is 0 Å². The lowest BCUT2D eigenvalue weighted by Crippen LogP contribution is -2.35. The SMILES string of the molecule is CCC1CCCN(CC(C(=N)N)c2ccccc2)CC1. The molecule has 1 aromatic carbocycles. The van der Waals surface area contributed by atoms with Crippen LogP contribution in [0.2, 0.25) is 0 Å². The highest BCUT2D eigenvalue weighted by molar-refractivity contribution is 5.84. The summed E-state index contributed by atoms with van der Waals surface area (Å²) in [5.41, 5.74) is 7.00. The van der Waals surface area contributed by atoms with Crippen molar-refractivity contribution in [2.45, 2.75) is 38.5 Å². The van der Waals surface area contributed by atoms with E-state index >= 15 is 0 Å². The predicted molar refractivity (Wildman–Crippen MR) is 85.2 cm³/mol. The summed E-state index contributed by atoms with van der Waals surface area (Å²) in [7, 11) is 0. The molecule has 0 saturated carbocycles. The van der Waals surface area contributed by atoms with Gasteiger partial charge in [-0.1, -0.05) is 43.7 Å². The molecular formula is C17H27N3. The summed E-state index contributed by atoms with van der Waals surface area (Å²) in [6.07, 6.45) is 5.21. The normalized spacial score (nSPS) is 22.1. The van der Waals surface area contributed by atoms with Crippen molar-refractivity contribution in [1.82, 2.24) is 4.90 Å². The molecular weight excluding hydrogens is 246 g/mol. The third-order valence-corrected chi connectivity index (χ3v) is 4.54. The van der Waals surface area contributed by atoms with E-state index in [1.807, 2.05) is 18.2 Å². The van der Waals surface area contributed by atoms with Gasteiger partial charge < -0.3 is 10.6 Å². The van der Waals surface area contributed by atoms with Crippen LogP contribution >= 0.6 is 0 Å². The van der Waals surface area contributed by atoms with E-state index in [0.29, 0.717) is 0 Å². The molecule has 0 bridgehead atoms. The van der Waals surface area contributed by atoms with Gasteiger partial charge in [0, 0.05) is 6.54 Å². The molecule has 1 aliphatic rings. The standard InChI is InChI=1S/C17H27N3/c1-2-14-7-6-11-20(12-10-14)13-16(17(18)19)15-8-4-3-5-9-15/h3-5,8-9,14,16H,2,6-7,10-13H2,1H3,(H3,18,19). The van der Waals surface area contributed by atoms with Gasteiger partial charge in [-0.05, 0) is 43.8 Å². The zero-order chi connectivity index (χ0) is 14.4. The van der Waals surface area contributed by atoms with Crippen LogP contribution < -0.4 is 5.73 Å². The van der Waals surface area contributed by atoms with E-state index in [4.69, 9.17) is 11.1 Å². The van der Waals surface area contributed by atoms with Crippen molar-refractivity contribution < 1.29 is 0 Å². The smallest absolute Gasteiger partial charge is 0.0995 e. The average molecular weight is 273 g/mol. The second-order valence-corrected chi connectivity index (χ2v) is 5.92. The first-order valence-corrected chi connectivity index (χ1v) is 7.82. The Bertz CT molecular complexity index is 416. The Labute approximate surface area is 122 Å². The van der Waals surface area contributed by atoms with Crippen LogP contribution in [0.1, 0.15) is 44.1 Å². The molecule has 3 heteroatoms. The van der Waals surface area contributed by atoms with E-state index in [2.05, 4.69) is 24.0 Å². The van der Waals surface area contributed by atoms with Gasteiger partial charge in [-0.25, -0.2) is 0 Å². The molecule has 2 rings (SSSR count). The Balaban J connectivity index is 2.00. The molecule has 1 saturated heterocycles. The number of amidine groups is 1.